The monoisotopic (exact) mass is 454 g/mol. The molecule has 1 aliphatic heterocycles. The fraction of sp³-hybridized carbons (Fsp3) is 0.739. The fourth-order valence-corrected chi connectivity index (χ4v) is 5.68. The Morgan fingerprint density at radius 2 is 1.83 bits per heavy atom. The number of rotatable bonds is 6. The standard InChI is InChI=1S/C23H35ClN2O3S/c1-23(2,3)29-22(28)25-18-6-4-16(5-7-18)8-12-26-13-9-17(10-14-26)20(27)21-19(24)11-15-30-21/h11,15-18H,4-10,12-14H2,1-3H3,(H,25,28). The zero-order chi connectivity index (χ0) is 21.7. The molecule has 0 aromatic carbocycles. The van der Waals surface area contributed by atoms with Gasteiger partial charge in [0, 0.05) is 12.0 Å². The Morgan fingerprint density at radius 3 is 2.40 bits per heavy atom. The van der Waals surface area contributed by atoms with Crippen molar-refractivity contribution < 1.29 is 14.3 Å². The first-order valence-corrected chi connectivity index (χ1v) is 12.5. The molecule has 1 aromatic rings. The molecule has 0 spiro atoms. The summed E-state index contributed by atoms with van der Waals surface area (Å²) in [5.74, 6) is 1.07. The molecule has 30 heavy (non-hydrogen) atoms. The number of likely N-dealkylation sites (tertiary alicyclic amines) is 1. The van der Waals surface area contributed by atoms with E-state index in [-0.39, 0.29) is 23.8 Å². The first-order chi connectivity index (χ1) is 14.2. The Kier molecular flexibility index (Phi) is 8.22. The Balaban J connectivity index is 1.32. The zero-order valence-corrected chi connectivity index (χ0v) is 20.0. The van der Waals surface area contributed by atoms with E-state index in [0.717, 1.165) is 69.0 Å². The van der Waals surface area contributed by atoms with Crippen molar-refractivity contribution in [3.05, 3.63) is 21.3 Å². The molecule has 2 aliphatic rings. The molecule has 1 N–H and O–H groups in total. The van der Waals surface area contributed by atoms with Crippen molar-refractivity contribution in [2.45, 2.75) is 77.4 Å². The summed E-state index contributed by atoms with van der Waals surface area (Å²) in [5, 5.41) is 5.51. The molecule has 5 nitrogen and oxygen atoms in total. The van der Waals surface area contributed by atoms with Gasteiger partial charge in [0.15, 0.2) is 5.78 Å². The van der Waals surface area contributed by atoms with Gasteiger partial charge < -0.3 is 15.0 Å². The Bertz CT molecular complexity index is 714. The highest BCUT2D eigenvalue weighted by atomic mass is 35.5. The van der Waals surface area contributed by atoms with Crippen LogP contribution in [0.25, 0.3) is 0 Å². The molecule has 1 amide bonds. The molecule has 2 fully saturated rings. The summed E-state index contributed by atoms with van der Waals surface area (Å²) < 4.78 is 5.36. The van der Waals surface area contributed by atoms with Crippen LogP contribution in [0.15, 0.2) is 11.4 Å². The third-order valence-electron chi connectivity index (χ3n) is 6.22. The van der Waals surface area contributed by atoms with Crippen LogP contribution < -0.4 is 5.32 Å². The highest BCUT2D eigenvalue weighted by Crippen LogP contribution is 2.31. The normalized spacial score (nSPS) is 23.9. The average molecular weight is 455 g/mol. The lowest BCUT2D eigenvalue weighted by Gasteiger charge is -2.34. The van der Waals surface area contributed by atoms with E-state index in [1.807, 2.05) is 32.2 Å². The second-order valence-electron chi connectivity index (χ2n) is 9.73. The molecule has 0 atom stereocenters. The van der Waals surface area contributed by atoms with Gasteiger partial charge in [0.25, 0.3) is 0 Å². The van der Waals surface area contributed by atoms with Crippen LogP contribution >= 0.6 is 22.9 Å². The number of ketones is 1. The minimum atomic E-state index is -0.449. The third kappa shape index (κ3) is 6.96. The van der Waals surface area contributed by atoms with Crippen LogP contribution in [-0.2, 0) is 4.74 Å². The maximum Gasteiger partial charge on any atom is 0.407 e. The van der Waals surface area contributed by atoms with Gasteiger partial charge in [-0.25, -0.2) is 4.79 Å². The van der Waals surface area contributed by atoms with E-state index >= 15 is 0 Å². The number of piperidine rings is 1. The number of alkyl carbamates (subject to hydrolysis) is 1. The van der Waals surface area contributed by atoms with E-state index in [4.69, 9.17) is 16.3 Å². The SMILES string of the molecule is CC(C)(C)OC(=O)NC1CCC(CCN2CCC(C(=O)c3sccc3Cl)CC2)CC1. The number of amides is 1. The number of nitrogens with zero attached hydrogens (tertiary/aromatic N) is 1. The van der Waals surface area contributed by atoms with Gasteiger partial charge in [0.1, 0.15) is 5.60 Å². The topological polar surface area (TPSA) is 58.6 Å². The largest absolute Gasteiger partial charge is 0.444 e. The van der Waals surface area contributed by atoms with Crippen LogP contribution in [0.4, 0.5) is 4.79 Å². The van der Waals surface area contributed by atoms with Crippen LogP contribution in [0.1, 0.15) is 75.4 Å². The van der Waals surface area contributed by atoms with Gasteiger partial charge in [0.2, 0.25) is 0 Å². The van der Waals surface area contributed by atoms with E-state index in [9.17, 15) is 9.59 Å². The quantitative estimate of drug-likeness (QED) is 0.554. The van der Waals surface area contributed by atoms with E-state index in [1.165, 1.54) is 17.8 Å². The second-order valence-corrected chi connectivity index (χ2v) is 11.1. The predicted molar refractivity (Wildman–Crippen MR) is 123 cm³/mol. The van der Waals surface area contributed by atoms with E-state index in [1.54, 1.807) is 0 Å². The molecule has 0 radical (unpaired) electrons. The second kappa shape index (κ2) is 10.5. The van der Waals surface area contributed by atoms with Gasteiger partial charge in [-0.15, -0.1) is 11.3 Å². The van der Waals surface area contributed by atoms with Crippen molar-refractivity contribution in [2.24, 2.45) is 11.8 Å². The molecule has 3 rings (SSSR count). The zero-order valence-electron chi connectivity index (χ0n) is 18.4. The minimum Gasteiger partial charge on any atom is -0.444 e. The summed E-state index contributed by atoms with van der Waals surface area (Å²) in [5.41, 5.74) is -0.449. The number of hydrogen-bond donors (Lipinski definition) is 1. The molecule has 168 valence electrons. The number of ether oxygens (including phenoxy) is 1. The van der Waals surface area contributed by atoms with Crippen molar-refractivity contribution in [3.8, 4) is 0 Å². The van der Waals surface area contributed by atoms with Gasteiger partial charge in [0.05, 0.1) is 9.90 Å². The van der Waals surface area contributed by atoms with Crippen molar-refractivity contribution in [1.82, 2.24) is 10.2 Å². The van der Waals surface area contributed by atoms with E-state index < -0.39 is 5.60 Å². The Hall–Kier alpha value is -1.11. The summed E-state index contributed by atoms with van der Waals surface area (Å²) in [6, 6.07) is 2.05. The summed E-state index contributed by atoms with van der Waals surface area (Å²) in [7, 11) is 0. The fourth-order valence-electron chi connectivity index (χ4n) is 4.51. The summed E-state index contributed by atoms with van der Waals surface area (Å²) in [6.07, 6.45) is 7.14. The van der Waals surface area contributed by atoms with Crippen LogP contribution in [0.5, 0.6) is 0 Å². The molecule has 1 saturated heterocycles. The van der Waals surface area contributed by atoms with Gasteiger partial charge in [-0.05, 0) is 103 Å². The number of carbonyl (C=O) groups excluding carboxylic acids is 2. The van der Waals surface area contributed by atoms with Gasteiger partial charge in [-0.1, -0.05) is 11.6 Å². The molecular weight excluding hydrogens is 420 g/mol. The summed E-state index contributed by atoms with van der Waals surface area (Å²) in [6.45, 7) is 8.76. The lowest BCUT2D eigenvalue weighted by molar-refractivity contribution is 0.0485. The number of thiophene rings is 1. The van der Waals surface area contributed by atoms with Gasteiger partial charge in [-0.2, -0.15) is 0 Å². The Labute approximate surface area is 189 Å². The number of nitrogens with one attached hydrogen (secondary N) is 1. The lowest BCUT2D eigenvalue weighted by Crippen LogP contribution is -2.41. The van der Waals surface area contributed by atoms with Crippen molar-refractivity contribution in [3.63, 3.8) is 0 Å². The molecule has 0 bridgehead atoms. The summed E-state index contributed by atoms with van der Waals surface area (Å²) >= 11 is 7.59. The summed E-state index contributed by atoms with van der Waals surface area (Å²) in [4.78, 5) is 27.8. The first-order valence-electron chi connectivity index (χ1n) is 11.2. The average Bonchev–Trinajstić information content (AvgIpc) is 3.12. The lowest BCUT2D eigenvalue weighted by atomic mass is 9.84. The molecule has 7 heteroatoms. The number of carbonyl (C=O) groups is 2. The molecule has 1 aliphatic carbocycles. The predicted octanol–water partition coefficient (Wildman–Crippen LogP) is 5.77. The molecule has 1 saturated carbocycles. The number of Topliss-reactive ketones (excluding diaryl/α,β-unsaturated/α-hetero) is 1. The van der Waals surface area contributed by atoms with Crippen LogP contribution in [0.3, 0.4) is 0 Å². The van der Waals surface area contributed by atoms with Crippen LogP contribution in [-0.4, -0.2) is 48.1 Å². The molecule has 0 unspecified atom stereocenters. The van der Waals surface area contributed by atoms with Crippen LogP contribution in [0.2, 0.25) is 5.02 Å². The van der Waals surface area contributed by atoms with Crippen molar-refractivity contribution in [1.29, 1.82) is 0 Å². The van der Waals surface area contributed by atoms with Gasteiger partial charge >= 0.3 is 6.09 Å². The molecular formula is C23H35ClN2O3S. The maximum atomic E-state index is 12.6. The molecule has 1 aromatic heterocycles. The number of halogens is 1. The van der Waals surface area contributed by atoms with Crippen molar-refractivity contribution in [2.75, 3.05) is 19.6 Å². The smallest absolute Gasteiger partial charge is 0.407 e. The highest BCUT2D eigenvalue weighted by Gasteiger charge is 2.29. The van der Waals surface area contributed by atoms with E-state index in [2.05, 4.69) is 10.2 Å². The van der Waals surface area contributed by atoms with Crippen molar-refractivity contribution >= 4 is 34.8 Å². The Morgan fingerprint density at radius 1 is 1.17 bits per heavy atom. The minimum absolute atomic E-state index is 0.117. The maximum absolute atomic E-state index is 12.6. The highest BCUT2D eigenvalue weighted by molar-refractivity contribution is 7.12. The first kappa shape index (κ1) is 23.6. The van der Waals surface area contributed by atoms with Crippen LogP contribution in [0, 0.1) is 11.8 Å². The van der Waals surface area contributed by atoms with Gasteiger partial charge in [-0.3, -0.25) is 4.79 Å². The molecule has 2 heterocycles. The number of hydrogen-bond acceptors (Lipinski definition) is 5. The third-order valence-corrected chi connectivity index (χ3v) is 7.58. The van der Waals surface area contributed by atoms with E-state index in [0.29, 0.717) is 5.02 Å².